The number of hydrogen-bond acceptors (Lipinski definition) is 3. The summed E-state index contributed by atoms with van der Waals surface area (Å²) in [5, 5.41) is 3.06. The van der Waals surface area contributed by atoms with E-state index in [1.165, 1.54) is 11.8 Å². The number of imide groups is 1. The molecule has 0 aliphatic heterocycles. The third-order valence-corrected chi connectivity index (χ3v) is 4.71. The molecule has 0 atom stereocenters. The summed E-state index contributed by atoms with van der Waals surface area (Å²) < 4.78 is 0. The molecule has 0 spiro atoms. The summed E-state index contributed by atoms with van der Waals surface area (Å²) in [7, 11) is 0. The zero-order valence-electron chi connectivity index (χ0n) is 13.9. The fourth-order valence-electron chi connectivity index (χ4n) is 2.04. The Balaban J connectivity index is 1.89. The fraction of sp³-hybridized carbons (Fsp3) is 0.263. The van der Waals surface area contributed by atoms with E-state index < -0.39 is 0 Å². The Morgan fingerprint density at radius 1 is 1.00 bits per heavy atom. The van der Waals surface area contributed by atoms with E-state index in [0.717, 1.165) is 10.5 Å². The van der Waals surface area contributed by atoms with Gasteiger partial charge >= 0.3 is 0 Å². The van der Waals surface area contributed by atoms with Crippen LogP contribution in [0.2, 0.25) is 5.02 Å². The first-order valence-electron chi connectivity index (χ1n) is 7.59. The highest BCUT2D eigenvalue weighted by molar-refractivity contribution is 8.00. The molecule has 0 aromatic heterocycles. The third-order valence-electron chi connectivity index (χ3n) is 3.45. The van der Waals surface area contributed by atoms with Crippen molar-refractivity contribution < 1.29 is 9.59 Å². The number of carbonyl (C=O) groups excluding carboxylic acids is 2. The lowest BCUT2D eigenvalue weighted by Crippen LogP contribution is -2.31. The van der Waals surface area contributed by atoms with Gasteiger partial charge in [-0.2, -0.15) is 0 Å². The average Bonchev–Trinajstić information content (AvgIpc) is 2.53. The molecule has 0 aliphatic carbocycles. The Morgan fingerprint density at radius 2 is 1.58 bits per heavy atom. The SMILES string of the molecule is CC(C)(C)c1ccc(C(=O)NC(=O)CSc2ccc(Cl)cc2)cc1. The van der Waals surface area contributed by atoms with Crippen LogP contribution in [0.3, 0.4) is 0 Å². The van der Waals surface area contributed by atoms with Gasteiger partial charge in [0.2, 0.25) is 5.91 Å². The summed E-state index contributed by atoms with van der Waals surface area (Å²) in [6, 6.07) is 14.5. The van der Waals surface area contributed by atoms with Crippen molar-refractivity contribution in [3.8, 4) is 0 Å². The average molecular weight is 362 g/mol. The lowest BCUT2D eigenvalue weighted by atomic mass is 9.87. The summed E-state index contributed by atoms with van der Waals surface area (Å²) in [5.41, 5.74) is 1.65. The topological polar surface area (TPSA) is 46.2 Å². The van der Waals surface area contributed by atoms with Crippen molar-refractivity contribution in [2.24, 2.45) is 0 Å². The first-order valence-corrected chi connectivity index (χ1v) is 8.95. The largest absolute Gasteiger partial charge is 0.292 e. The molecule has 2 rings (SSSR count). The Bertz CT molecular complexity index is 719. The van der Waals surface area contributed by atoms with Crippen molar-refractivity contribution in [3.05, 3.63) is 64.7 Å². The van der Waals surface area contributed by atoms with Crippen LogP contribution in [-0.2, 0) is 10.2 Å². The van der Waals surface area contributed by atoms with Gasteiger partial charge in [0.1, 0.15) is 0 Å². The van der Waals surface area contributed by atoms with Crippen molar-refractivity contribution in [2.75, 3.05) is 5.75 Å². The van der Waals surface area contributed by atoms with Crippen molar-refractivity contribution >= 4 is 35.2 Å². The second-order valence-corrected chi connectivity index (χ2v) is 7.93. The van der Waals surface area contributed by atoms with Gasteiger partial charge in [-0.3, -0.25) is 14.9 Å². The van der Waals surface area contributed by atoms with Gasteiger partial charge in [0, 0.05) is 15.5 Å². The van der Waals surface area contributed by atoms with E-state index in [9.17, 15) is 9.59 Å². The molecule has 0 radical (unpaired) electrons. The van der Waals surface area contributed by atoms with Crippen molar-refractivity contribution in [2.45, 2.75) is 31.1 Å². The molecule has 5 heteroatoms. The third kappa shape index (κ3) is 5.39. The Kier molecular flexibility index (Phi) is 6.08. The fourth-order valence-corrected chi connectivity index (χ4v) is 2.86. The van der Waals surface area contributed by atoms with Crippen LogP contribution in [0.4, 0.5) is 0 Å². The van der Waals surface area contributed by atoms with Crippen LogP contribution < -0.4 is 5.32 Å². The molecule has 0 aliphatic rings. The number of halogens is 1. The predicted octanol–water partition coefficient (Wildman–Crippen LogP) is 4.69. The van der Waals surface area contributed by atoms with Crippen LogP contribution in [0.1, 0.15) is 36.7 Å². The smallest absolute Gasteiger partial charge is 0.257 e. The van der Waals surface area contributed by atoms with Crippen LogP contribution in [0.25, 0.3) is 0 Å². The Hall–Kier alpha value is -1.78. The summed E-state index contributed by atoms with van der Waals surface area (Å²) in [5.74, 6) is -0.523. The molecule has 2 amide bonds. The minimum absolute atomic E-state index is 0.0278. The molecule has 1 N–H and O–H groups in total. The zero-order chi connectivity index (χ0) is 17.7. The number of thioether (sulfide) groups is 1. The molecule has 0 saturated carbocycles. The molecule has 3 nitrogen and oxygen atoms in total. The second-order valence-electron chi connectivity index (χ2n) is 6.45. The first kappa shape index (κ1) is 18.6. The number of carbonyl (C=O) groups is 2. The molecule has 2 aromatic rings. The molecule has 0 saturated heterocycles. The monoisotopic (exact) mass is 361 g/mol. The predicted molar refractivity (Wildman–Crippen MR) is 99.8 cm³/mol. The number of hydrogen-bond donors (Lipinski definition) is 1. The van der Waals surface area contributed by atoms with Crippen LogP contribution >= 0.6 is 23.4 Å². The van der Waals surface area contributed by atoms with Crippen LogP contribution in [0.5, 0.6) is 0 Å². The summed E-state index contributed by atoms with van der Waals surface area (Å²) >= 11 is 7.17. The van der Waals surface area contributed by atoms with Gasteiger partial charge in [0.05, 0.1) is 5.75 Å². The molecule has 0 heterocycles. The van der Waals surface area contributed by atoms with Gasteiger partial charge in [0.15, 0.2) is 0 Å². The van der Waals surface area contributed by atoms with Gasteiger partial charge in [-0.1, -0.05) is 44.5 Å². The summed E-state index contributed by atoms with van der Waals surface area (Å²) in [6.07, 6.45) is 0. The van der Waals surface area contributed by atoms with Crippen molar-refractivity contribution in [1.82, 2.24) is 5.32 Å². The van der Waals surface area contributed by atoms with Gasteiger partial charge < -0.3 is 0 Å². The molecule has 2 aromatic carbocycles. The maximum absolute atomic E-state index is 12.1. The number of rotatable bonds is 4. The minimum atomic E-state index is -0.378. The molecule has 126 valence electrons. The van der Waals surface area contributed by atoms with Gasteiger partial charge in [0.25, 0.3) is 5.91 Å². The van der Waals surface area contributed by atoms with E-state index in [1.54, 1.807) is 24.3 Å². The lowest BCUT2D eigenvalue weighted by Gasteiger charge is -2.18. The van der Waals surface area contributed by atoms with Crippen molar-refractivity contribution in [3.63, 3.8) is 0 Å². The van der Waals surface area contributed by atoms with E-state index >= 15 is 0 Å². The Morgan fingerprint density at radius 3 is 2.12 bits per heavy atom. The normalized spacial score (nSPS) is 11.2. The molecular formula is C19H20ClNO2S. The molecule has 24 heavy (non-hydrogen) atoms. The van der Waals surface area contributed by atoms with E-state index in [4.69, 9.17) is 11.6 Å². The van der Waals surface area contributed by atoms with E-state index in [-0.39, 0.29) is 23.0 Å². The molecular weight excluding hydrogens is 342 g/mol. The van der Waals surface area contributed by atoms with Gasteiger partial charge in [-0.05, 0) is 47.4 Å². The van der Waals surface area contributed by atoms with E-state index in [0.29, 0.717) is 10.6 Å². The zero-order valence-corrected chi connectivity index (χ0v) is 15.5. The molecule has 0 fully saturated rings. The Labute approximate surface area is 151 Å². The van der Waals surface area contributed by atoms with Gasteiger partial charge in [-0.25, -0.2) is 0 Å². The molecule has 0 unspecified atom stereocenters. The van der Waals surface area contributed by atoms with Gasteiger partial charge in [-0.15, -0.1) is 11.8 Å². The number of benzene rings is 2. The van der Waals surface area contributed by atoms with E-state index in [1.807, 2.05) is 24.3 Å². The number of nitrogens with one attached hydrogen (secondary N) is 1. The van der Waals surface area contributed by atoms with Crippen LogP contribution in [-0.4, -0.2) is 17.6 Å². The highest BCUT2D eigenvalue weighted by atomic mass is 35.5. The first-order chi connectivity index (χ1) is 11.3. The highest BCUT2D eigenvalue weighted by Crippen LogP contribution is 2.22. The summed E-state index contributed by atoms with van der Waals surface area (Å²) in [4.78, 5) is 25.0. The van der Waals surface area contributed by atoms with Crippen LogP contribution in [0.15, 0.2) is 53.4 Å². The second kappa shape index (κ2) is 7.86. The van der Waals surface area contributed by atoms with Crippen molar-refractivity contribution in [1.29, 1.82) is 0 Å². The minimum Gasteiger partial charge on any atom is -0.292 e. The maximum atomic E-state index is 12.1. The van der Waals surface area contributed by atoms with E-state index in [2.05, 4.69) is 26.1 Å². The summed E-state index contributed by atoms with van der Waals surface area (Å²) in [6.45, 7) is 6.33. The quantitative estimate of drug-likeness (QED) is 0.804. The number of amides is 2. The van der Waals surface area contributed by atoms with Crippen LogP contribution in [0, 0.1) is 0 Å². The standard InChI is InChI=1S/C19H20ClNO2S/c1-19(2,3)14-6-4-13(5-7-14)18(23)21-17(22)12-24-16-10-8-15(20)9-11-16/h4-11H,12H2,1-3H3,(H,21,22,23). The maximum Gasteiger partial charge on any atom is 0.257 e. The highest BCUT2D eigenvalue weighted by Gasteiger charge is 2.15. The molecule has 0 bridgehead atoms. The lowest BCUT2D eigenvalue weighted by molar-refractivity contribution is -0.117.